The van der Waals surface area contributed by atoms with E-state index in [1.165, 1.54) is 45.6 Å². The van der Waals surface area contributed by atoms with E-state index < -0.39 is 6.10 Å². The Kier molecular flexibility index (Phi) is 30.5. The minimum absolute atomic E-state index is 0.00639. The third-order valence-electron chi connectivity index (χ3n) is 10.9. The van der Waals surface area contributed by atoms with Gasteiger partial charge in [-0.2, -0.15) is 0 Å². The molecule has 1 unspecified atom stereocenters. The molecule has 78 heavy (non-hydrogen) atoms. The van der Waals surface area contributed by atoms with E-state index in [1.807, 2.05) is 12.1 Å². The van der Waals surface area contributed by atoms with Gasteiger partial charge in [-0.15, -0.1) is 0 Å². The Morgan fingerprint density at radius 2 is 0.821 bits per heavy atom. The Hall–Kier alpha value is -7.74. The molecule has 7 rings (SSSR count). The summed E-state index contributed by atoms with van der Waals surface area (Å²) >= 11 is 0. The number of aliphatic hydroxyl groups excluding tert-OH is 7. The zero-order chi connectivity index (χ0) is 59.2. The first kappa shape index (κ1) is 68.3. The highest BCUT2D eigenvalue weighted by molar-refractivity contribution is 5.50. The Labute approximate surface area is 457 Å². The van der Waals surface area contributed by atoms with Crippen LogP contribution in [-0.4, -0.2) is 92.8 Å². The SMILES string of the molecule is CC(C)(C)c1cc(CO)cc(C(C)(C)C)c1O.COc1cc(C(C)O)ccc1O.COc1cc(CO)ccc1O.COc1ccc(CO)cc1O.OCc1ccc(O)cc1.OCc1cccc(O)c1.OCc1ccccc1O. The summed E-state index contributed by atoms with van der Waals surface area (Å²) in [5.74, 6) is 2.36. The molecule has 0 bridgehead atoms. The second-order valence-corrected chi connectivity index (χ2v) is 19.1. The lowest BCUT2D eigenvalue weighted by atomic mass is 9.78. The van der Waals surface area contributed by atoms with Crippen LogP contribution in [0.5, 0.6) is 57.5 Å². The van der Waals surface area contributed by atoms with Crippen LogP contribution >= 0.6 is 0 Å². The average Bonchev–Trinajstić information content (AvgIpc) is 3.42. The molecule has 0 aliphatic carbocycles. The summed E-state index contributed by atoms with van der Waals surface area (Å²) in [4.78, 5) is 0. The fraction of sp³-hybridized carbons (Fsp3) is 0.311. The average molecular weight is 1090 g/mol. The second-order valence-electron chi connectivity index (χ2n) is 19.1. The molecule has 0 saturated heterocycles. The van der Waals surface area contributed by atoms with Crippen molar-refractivity contribution in [2.45, 2.75) is 105 Å². The normalized spacial score (nSPS) is 10.7. The first-order valence-electron chi connectivity index (χ1n) is 24.4. The highest BCUT2D eigenvalue weighted by Crippen LogP contribution is 2.40. The molecule has 7 aromatic carbocycles. The van der Waals surface area contributed by atoms with E-state index in [-0.39, 0.29) is 85.0 Å². The van der Waals surface area contributed by atoms with Crippen molar-refractivity contribution in [2.24, 2.45) is 0 Å². The number of hydrogen-bond donors (Lipinski definition) is 14. The molecule has 0 aliphatic heterocycles. The fourth-order valence-electron chi connectivity index (χ4n) is 6.44. The largest absolute Gasteiger partial charge is 0.508 e. The molecule has 17 nitrogen and oxygen atoms in total. The molecule has 0 aliphatic rings. The molecular weight excluding hydrogens is 1000 g/mol. The number of benzene rings is 7. The van der Waals surface area contributed by atoms with Crippen molar-refractivity contribution in [3.05, 3.63) is 190 Å². The Bertz CT molecular complexity index is 2760. The standard InChI is InChI=1S/C15H24O2.C9H12O3.2C8H10O3.3C7H8O2/c1-14(2,3)11-7-10(9-16)8-12(13(11)17)15(4,5)6;1-6(10)7-3-4-8(11)9(5-7)12-2;1-11-8-3-2-6(5-9)4-7(8)10;1-11-8-4-6(5-9)2-3-7(8)10;8-5-6-1-3-7(9)4-2-6;8-5-6-2-1-3-7(9)4-6;8-5-6-3-1-2-4-7(6)9/h7-8,16-17H,9H2,1-6H3;3-6,10-11H,1-2H3;2*2-4,9-10H,5H2,1H3;3*1-4,8-9H,5H2. The fourth-order valence-corrected chi connectivity index (χ4v) is 6.44. The van der Waals surface area contributed by atoms with Gasteiger partial charge in [-0.1, -0.05) is 102 Å². The second kappa shape index (κ2) is 34.8. The van der Waals surface area contributed by atoms with Gasteiger partial charge in [0, 0.05) is 5.56 Å². The lowest BCUT2D eigenvalue weighted by molar-refractivity contribution is 0.198. The lowest BCUT2D eigenvalue weighted by Gasteiger charge is -2.28. The monoisotopic (exact) mass is 1080 g/mol. The van der Waals surface area contributed by atoms with E-state index in [9.17, 15) is 25.5 Å². The summed E-state index contributed by atoms with van der Waals surface area (Å²) in [6, 6.07) is 37.7. The van der Waals surface area contributed by atoms with Gasteiger partial charge in [0.15, 0.2) is 34.5 Å². The third-order valence-corrected chi connectivity index (χ3v) is 10.9. The molecule has 0 amide bonds. The minimum atomic E-state index is -0.542. The number of phenols is 7. The zero-order valence-corrected chi connectivity index (χ0v) is 46.1. The van der Waals surface area contributed by atoms with E-state index in [0.717, 1.165) is 38.9 Å². The van der Waals surface area contributed by atoms with Gasteiger partial charge in [0.05, 0.1) is 67.1 Å². The summed E-state index contributed by atoms with van der Waals surface area (Å²) in [6.45, 7) is 13.8. The summed E-state index contributed by atoms with van der Waals surface area (Å²) in [5.41, 5.74) is 6.62. The molecule has 0 saturated carbocycles. The predicted molar refractivity (Wildman–Crippen MR) is 300 cm³/mol. The van der Waals surface area contributed by atoms with Crippen molar-refractivity contribution < 1.29 is 85.7 Å². The first-order chi connectivity index (χ1) is 36.8. The molecule has 0 spiro atoms. The van der Waals surface area contributed by atoms with Crippen molar-refractivity contribution in [1.82, 2.24) is 0 Å². The van der Waals surface area contributed by atoms with E-state index in [0.29, 0.717) is 34.1 Å². The highest BCUT2D eigenvalue weighted by Gasteiger charge is 2.26. The van der Waals surface area contributed by atoms with Crippen LogP contribution in [0.25, 0.3) is 0 Å². The van der Waals surface area contributed by atoms with Gasteiger partial charge in [-0.05, 0) is 141 Å². The van der Waals surface area contributed by atoms with Crippen LogP contribution in [0.3, 0.4) is 0 Å². The highest BCUT2D eigenvalue weighted by atomic mass is 16.5. The summed E-state index contributed by atoms with van der Waals surface area (Å²) in [7, 11) is 4.42. The number of methoxy groups -OCH3 is 3. The number of aromatic hydroxyl groups is 7. The van der Waals surface area contributed by atoms with Crippen LogP contribution in [0.15, 0.2) is 140 Å². The molecule has 14 N–H and O–H groups in total. The number of aliphatic hydroxyl groups is 7. The summed E-state index contributed by atoms with van der Waals surface area (Å²) in [6.07, 6.45) is -0.542. The molecule has 0 fully saturated rings. The zero-order valence-electron chi connectivity index (χ0n) is 46.1. The van der Waals surface area contributed by atoms with Gasteiger partial charge in [0.1, 0.15) is 23.0 Å². The summed E-state index contributed by atoms with van der Waals surface area (Å²) < 4.78 is 14.5. The molecular formula is C61H80O17. The molecule has 426 valence electrons. The van der Waals surface area contributed by atoms with Crippen LogP contribution in [-0.2, 0) is 50.5 Å². The minimum Gasteiger partial charge on any atom is -0.508 e. The smallest absolute Gasteiger partial charge is 0.160 e. The van der Waals surface area contributed by atoms with Crippen LogP contribution in [0.1, 0.15) is 105 Å². The molecule has 1 atom stereocenters. The van der Waals surface area contributed by atoms with E-state index in [4.69, 9.17) is 60.2 Å². The number of hydrogen-bond acceptors (Lipinski definition) is 17. The van der Waals surface area contributed by atoms with Crippen LogP contribution in [0.2, 0.25) is 0 Å². The van der Waals surface area contributed by atoms with Crippen LogP contribution in [0, 0.1) is 0 Å². The maximum Gasteiger partial charge on any atom is 0.160 e. The topological polar surface area (TPSA) is 311 Å². The Morgan fingerprint density at radius 3 is 1.23 bits per heavy atom. The maximum absolute atomic E-state index is 10.4. The van der Waals surface area contributed by atoms with Gasteiger partial charge in [0.2, 0.25) is 0 Å². The predicted octanol–water partition coefficient (Wildman–Crippen LogP) is 9.37. The maximum atomic E-state index is 10.4. The molecule has 7 aromatic rings. The van der Waals surface area contributed by atoms with Crippen molar-refractivity contribution in [3.63, 3.8) is 0 Å². The van der Waals surface area contributed by atoms with Gasteiger partial charge in [-0.3, -0.25) is 0 Å². The van der Waals surface area contributed by atoms with E-state index in [1.54, 1.807) is 110 Å². The third kappa shape index (κ3) is 24.5. The van der Waals surface area contributed by atoms with Crippen molar-refractivity contribution in [1.29, 1.82) is 0 Å². The number of ether oxygens (including phenoxy) is 3. The Morgan fingerprint density at radius 1 is 0.372 bits per heavy atom. The first-order valence-corrected chi connectivity index (χ1v) is 24.4. The summed E-state index contributed by atoms with van der Waals surface area (Å²) in [5, 5.41) is 126. The quantitative estimate of drug-likeness (QED) is 0.0606. The van der Waals surface area contributed by atoms with Gasteiger partial charge >= 0.3 is 0 Å². The van der Waals surface area contributed by atoms with Crippen molar-refractivity contribution >= 4 is 0 Å². The lowest BCUT2D eigenvalue weighted by Crippen LogP contribution is -2.17. The molecule has 0 radical (unpaired) electrons. The molecule has 0 heterocycles. The molecule has 0 aromatic heterocycles. The van der Waals surface area contributed by atoms with Crippen LogP contribution in [0.4, 0.5) is 0 Å². The van der Waals surface area contributed by atoms with Crippen molar-refractivity contribution in [2.75, 3.05) is 21.3 Å². The van der Waals surface area contributed by atoms with Gasteiger partial charge in [-0.25, -0.2) is 0 Å². The Balaban J connectivity index is 0.000000460. The molecule has 17 heteroatoms. The van der Waals surface area contributed by atoms with E-state index in [2.05, 4.69) is 41.5 Å². The number of phenolic OH excluding ortho intramolecular Hbond substituents is 6. The number of para-hydroxylation sites is 1. The van der Waals surface area contributed by atoms with E-state index >= 15 is 0 Å². The van der Waals surface area contributed by atoms with Crippen LogP contribution < -0.4 is 14.2 Å². The van der Waals surface area contributed by atoms with Gasteiger partial charge < -0.3 is 85.7 Å². The van der Waals surface area contributed by atoms with Gasteiger partial charge in [0.25, 0.3) is 0 Å². The number of rotatable bonds is 10. The van der Waals surface area contributed by atoms with Crippen molar-refractivity contribution in [3.8, 4) is 57.5 Å².